The molecule has 0 bridgehead atoms. The lowest BCUT2D eigenvalue weighted by Gasteiger charge is -2.30. The van der Waals surface area contributed by atoms with Gasteiger partial charge >= 0.3 is 0 Å². The Morgan fingerprint density at radius 1 is 1.12 bits per heavy atom. The van der Waals surface area contributed by atoms with Gasteiger partial charge < -0.3 is 10.0 Å². The maximum Gasteiger partial charge on any atom is 0.0512 e. The minimum Gasteiger partial charge on any atom is -0.396 e. The zero-order valence-corrected chi connectivity index (χ0v) is 10.7. The molecule has 0 aliphatic carbocycles. The molecule has 1 atom stereocenters. The fraction of sp³-hybridized carbons (Fsp3) is 0.600. The minimum absolute atomic E-state index is 0.250. The fourth-order valence-corrected chi connectivity index (χ4v) is 2.56. The van der Waals surface area contributed by atoms with Crippen LogP contribution < -0.4 is 0 Å². The van der Waals surface area contributed by atoms with Crippen LogP contribution >= 0.6 is 0 Å². The van der Waals surface area contributed by atoms with E-state index in [1.165, 1.54) is 43.5 Å². The van der Waals surface area contributed by atoms with Crippen LogP contribution in [0.5, 0.6) is 0 Å². The van der Waals surface area contributed by atoms with Crippen LogP contribution in [0.25, 0.3) is 0 Å². The van der Waals surface area contributed by atoms with Gasteiger partial charge in [-0.15, -0.1) is 0 Å². The third-order valence-corrected chi connectivity index (χ3v) is 3.70. The summed E-state index contributed by atoms with van der Waals surface area (Å²) in [4.78, 5) is 2.49. The Labute approximate surface area is 104 Å². The van der Waals surface area contributed by atoms with Crippen molar-refractivity contribution in [3.8, 4) is 0 Å². The number of hydrogen-bond donors (Lipinski definition) is 1. The van der Waals surface area contributed by atoms with Gasteiger partial charge in [0.05, 0.1) is 6.61 Å². The van der Waals surface area contributed by atoms with Gasteiger partial charge in [0.2, 0.25) is 0 Å². The summed E-state index contributed by atoms with van der Waals surface area (Å²) in [5.74, 6) is 0.272. The number of nitrogens with zero attached hydrogens (tertiary/aromatic N) is 1. The van der Waals surface area contributed by atoms with Crippen LogP contribution in [-0.4, -0.2) is 36.2 Å². The van der Waals surface area contributed by atoms with E-state index in [-0.39, 0.29) is 12.5 Å². The van der Waals surface area contributed by atoms with Crippen molar-refractivity contribution >= 4 is 0 Å². The first kappa shape index (κ1) is 12.6. The SMILES string of the molecule is Cc1ccc(C(CO)CN2CCCCC2)cc1. The lowest BCUT2D eigenvalue weighted by molar-refractivity contribution is 0.179. The molecule has 1 aliphatic rings. The van der Waals surface area contributed by atoms with Crippen molar-refractivity contribution in [2.45, 2.75) is 32.1 Å². The summed E-state index contributed by atoms with van der Waals surface area (Å²) >= 11 is 0. The summed E-state index contributed by atoms with van der Waals surface area (Å²) in [6, 6.07) is 8.57. The van der Waals surface area contributed by atoms with Crippen molar-refractivity contribution in [2.24, 2.45) is 0 Å². The topological polar surface area (TPSA) is 23.5 Å². The van der Waals surface area contributed by atoms with Gasteiger partial charge in [-0.2, -0.15) is 0 Å². The Kier molecular flexibility index (Phi) is 4.57. The standard InChI is InChI=1S/C15H23NO/c1-13-5-7-14(8-6-13)15(12-17)11-16-9-3-2-4-10-16/h5-8,15,17H,2-4,9-12H2,1H3. The largest absolute Gasteiger partial charge is 0.396 e. The third kappa shape index (κ3) is 3.55. The van der Waals surface area contributed by atoms with E-state index in [2.05, 4.69) is 36.1 Å². The quantitative estimate of drug-likeness (QED) is 0.864. The van der Waals surface area contributed by atoms with E-state index in [1.807, 2.05) is 0 Å². The number of aliphatic hydroxyl groups excluding tert-OH is 1. The summed E-state index contributed by atoms with van der Waals surface area (Å²) in [5.41, 5.74) is 2.55. The Morgan fingerprint density at radius 3 is 2.35 bits per heavy atom. The first-order valence-electron chi connectivity index (χ1n) is 6.69. The van der Waals surface area contributed by atoms with Gasteiger partial charge in [-0.1, -0.05) is 36.2 Å². The predicted molar refractivity (Wildman–Crippen MR) is 71.3 cm³/mol. The van der Waals surface area contributed by atoms with Gasteiger partial charge in [-0.3, -0.25) is 0 Å². The van der Waals surface area contributed by atoms with Gasteiger partial charge in [-0.25, -0.2) is 0 Å². The maximum atomic E-state index is 9.55. The Morgan fingerprint density at radius 2 is 1.76 bits per heavy atom. The van der Waals surface area contributed by atoms with Crippen LogP contribution in [0.4, 0.5) is 0 Å². The van der Waals surface area contributed by atoms with Crippen LogP contribution in [0.3, 0.4) is 0 Å². The van der Waals surface area contributed by atoms with E-state index in [0.29, 0.717) is 0 Å². The van der Waals surface area contributed by atoms with Crippen molar-refractivity contribution in [3.63, 3.8) is 0 Å². The molecule has 94 valence electrons. The summed E-state index contributed by atoms with van der Waals surface area (Å²) < 4.78 is 0. The highest BCUT2D eigenvalue weighted by molar-refractivity contribution is 5.24. The molecule has 0 saturated carbocycles. The van der Waals surface area contributed by atoms with Gasteiger partial charge in [0, 0.05) is 12.5 Å². The molecule has 0 radical (unpaired) electrons. The zero-order chi connectivity index (χ0) is 12.1. The molecule has 0 amide bonds. The molecule has 1 heterocycles. The smallest absolute Gasteiger partial charge is 0.0512 e. The van der Waals surface area contributed by atoms with Crippen molar-refractivity contribution in [1.82, 2.24) is 4.90 Å². The van der Waals surface area contributed by atoms with Gasteiger partial charge in [0.15, 0.2) is 0 Å². The van der Waals surface area contributed by atoms with Crippen molar-refractivity contribution < 1.29 is 5.11 Å². The molecule has 0 aromatic heterocycles. The highest BCUT2D eigenvalue weighted by Crippen LogP contribution is 2.19. The number of benzene rings is 1. The number of piperidine rings is 1. The van der Waals surface area contributed by atoms with E-state index in [9.17, 15) is 5.11 Å². The molecular formula is C15H23NO. The summed E-state index contributed by atoms with van der Waals surface area (Å²) in [6.45, 7) is 5.74. The second-order valence-corrected chi connectivity index (χ2v) is 5.15. The average Bonchev–Trinajstić information content (AvgIpc) is 2.38. The predicted octanol–water partition coefficient (Wildman–Crippen LogP) is 2.56. The number of rotatable bonds is 4. The summed E-state index contributed by atoms with van der Waals surface area (Å²) in [6.07, 6.45) is 3.99. The van der Waals surface area contributed by atoms with Crippen LogP contribution in [0, 0.1) is 6.92 Å². The van der Waals surface area contributed by atoms with Crippen LogP contribution in [0.15, 0.2) is 24.3 Å². The molecule has 1 aromatic carbocycles. The van der Waals surface area contributed by atoms with Crippen molar-refractivity contribution in [2.75, 3.05) is 26.2 Å². The number of likely N-dealkylation sites (tertiary alicyclic amines) is 1. The van der Waals surface area contributed by atoms with E-state index < -0.39 is 0 Å². The lowest BCUT2D eigenvalue weighted by Crippen LogP contribution is -2.34. The van der Waals surface area contributed by atoms with E-state index in [1.54, 1.807) is 0 Å². The van der Waals surface area contributed by atoms with E-state index in [4.69, 9.17) is 0 Å². The third-order valence-electron chi connectivity index (χ3n) is 3.70. The van der Waals surface area contributed by atoms with Gasteiger partial charge in [-0.05, 0) is 38.4 Å². The second kappa shape index (κ2) is 6.18. The Hall–Kier alpha value is -0.860. The van der Waals surface area contributed by atoms with Crippen LogP contribution in [0.1, 0.15) is 36.3 Å². The van der Waals surface area contributed by atoms with Crippen molar-refractivity contribution in [3.05, 3.63) is 35.4 Å². The molecule has 2 rings (SSSR count). The highest BCUT2D eigenvalue weighted by atomic mass is 16.3. The molecule has 0 spiro atoms. The monoisotopic (exact) mass is 233 g/mol. The zero-order valence-electron chi connectivity index (χ0n) is 10.7. The molecular weight excluding hydrogens is 210 g/mol. The molecule has 17 heavy (non-hydrogen) atoms. The van der Waals surface area contributed by atoms with Gasteiger partial charge in [0.1, 0.15) is 0 Å². The molecule has 1 fully saturated rings. The van der Waals surface area contributed by atoms with E-state index in [0.717, 1.165) is 6.54 Å². The van der Waals surface area contributed by atoms with Crippen LogP contribution in [-0.2, 0) is 0 Å². The lowest BCUT2D eigenvalue weighted by atomic mass is 9.97. The molecule has 1 aromatic rings. The van der Waals surface area contributed by atoms with Crippen molar-refractivity contribution in [1.29, 1.82) is 0 Å². The van der Waals surface area contributed by atoms with Gasteiger partial charge in [0.25, 0.3) is 0 Å². The summed E-state index contributed by atoms with van der Waals surface area (Å²) in [5, 5.41) is 9.55. The minimum atomic E-state index is 0.250. The average molecular weight is 233 g/mol. The molecule has 1 N–H and O–H groups in total. The normalized spacial score (nSPS) is 19.2. The van der Waals surface area contributed by atoms with E-state index >= 15 is 0 Å². The molecule has 1 saturated heterocycles. The first-order chi connectivity index (χ1) is 8.29. The molecule has 1 unspecified atom stereocenters. The maximum absolute atomic E-state index is 9.55. The number of aryl methyl sites for hydroxylation is 1. The highest BCUT2D eigenvalue weighted by Gasteiger charge is 2.17. The Balaban J connectivity index is 1.97. The number of hydrogen-bond acceptors (Lipinski definition) is 2. The van der Waals surface area contributed by atoms with Crippen LogP contribution in [0.2, 0.25) is 0 Å². The molecule has 2 nitrogen and oxygen atoms in total. The first-order valence-corrected chi connectivity index (χ1v) is 6.69. The Bertz CT molecular complexity index is 327. The fourth-order valence-electron chi connectivity index (χ4n) is 2.56. The second-order valence-electron chi connectivity index (χ2n) is 5.15. The summed E-state index contributed by atoms with van der Waals surface area (Å²) in [7, 11) is 0. The molecule has 1 aliphatic heterocycles. The molecule has 2 heteroatoms. The number of aliphatic hydroxyl groups is 1.